The number of nitrogens with zero attached hydrogens (tertiary/aromatic N) is 4. The van der Waals surface area contributed by atoms with E-state index in [9.17, 15) is 0 Å². The number of rotatable bonds is 0. The van der Waals surface area contributed by atoms with Gasteiger partial charge in [-0.2, -0.15) is 0 Å². The average molecular weight is 428 g/mol. The second kappa shape index (κ2) is 6.10. The van der Waals surface area contributed by atoms with Gasteiger partial charge in [-0.3, -0.25) is 0 Å². The second-order valence-electron chi connectivity index (χ2n) is 9.09. The predicted octanol–water partition coefficient (Wildman–Crippen LogP) is 5.36. The molecule has 0 aliphatic carbocycles. The summed E-state index contributed by atoms with van der Waals surface area (Å²) in [6.07, 6.45) is 5.72. The normalized spacial score (nSPS) is 15.0. The molecular formula is C27H21AlN4. The third-order valence-corrected chi connectivity index (χ3v) is 10.5. The summed E-state index contributed by atoms with van der Waals surface area (Å²) in [6.45, 7) is 1.95. The van der Waals surface area contributed by atoms with Gasteiger partial charge in [0.25, 0.3) is 0 Å². The van der Waals surface area contributed by atoms with E-state index in [1.807, 2.05) is 0 Å². The summed E-state index contributed by atoms with van der Waals surface area (Å²) in [6, 6.07) is 29.6. The van der Waals surface area contributed by atoms with E-state index in [1.165, 1.54) is 49.7 Å². The Kier molecular flexibility index (Phi) is 3.28. The minimum atomic E-state index is -1.90. The Morgan fingerprint density at radius 3 is 2.59 bits per heavy atom. The molecule has 0 unspecified atom stereocenters. The molecule has 0 N–H and O–H groups in total. The van der Waals surface area contributed by atoms with E-state index in [0.29, 0.717) is 0 Å². The van der Waals surface area contributed by atoms with Crippen molar-refractivity contribution in [2.24, 2.45) is 0 Å². The van der Waals surface area contributed by atoms with Crippen LogP contribution in [0.3, 0.4) is 0 Å². The fraction of sp³-hybridized carbons (Fsp3) is 0.111. The molecule has 4 nitrogen and oxygen atoms in total. The smallest absolute Gasteiger partial charge is 0.405 e. The summed E-state index contributed by atoms with van der Waals surface area (Å²) >= 11 is -1.90. The SMILES string of the molecule is c1cc2c3c(c1)ccc1cc[n](c13)[Al]1[n]3cccc3CCN2Cc2cc3ccccc3[n]21. The molecule has 8 rings (SSSR count). The zero-order valence-electron chi connectivity index (χ0n) is 17.6. The third kappa shape index (κ3) is 2.13. The molecule has 0 fully saturated rings. The van der Waals surface area contributed by atoms with Crippen LogP contribution in [0.15, 0.2) is 91.3 Å². The summed E-state index contributed by atoms with van der Waals surface area (Å²) in [5, 5.41) is 5.40. The quantitative estimate of drug-likeness (QED) is 0.298. The van der Waals surface area contributed by atoms with E-state index in [4.69, 9.17) is 0 Å². The minimum absolute atomic E-state index is 0.934. The molecule has 2 aliphatic rings. The molecule has 0 radical (unpaired) electrons. The number of fused-ring (bicyclic) bond motifs is 6. The predicted molar refractivity (Wildman–Crippen MR) is 133 cm³/mol. The summed E-state index contributed by atoms with van der Waals surface area (Å²) in [5.74, 6) is 0. The average Bonchev–Trinajstić information content (AvgIpc) is 3.54. The van der Waals surface area contributed by atoms with Gasteiger partial charge >= 0.3 is 14.8 Å². The maximum absolute atomic E-state index is 2.70. The molecule has 32 heavy (non-hydrogen) atoms. The van der Waals surface area contributed by atoms with Crippen LogP contribution >= 0.6 is 0 Å². The first kappa shape index (κ1) is 17.2. The molecule has 0 amide bonds. The molecule has 152 valence electrons. The van der Waals surface area contributed by atoms with Crippen molar-refractivity contribution >= 4 is 53.1 Å². The maximum Gasteiger partial charge on any atom is 0.755 e. The van der Waals surface area contributed by atoms with Gasteiger partial charge in [-0.05, 0) is 70.6 Å². The minimum Gasteiger partial charge on any atom is -0.405 e. The molecule has 0 saturated heterocycles. The van der Waals surface area contributed by atoms with Gasteiger partial charge < -0.3 is 15.6 Å². The van der Waals surface area contributed by atoms with Crippen LogP contribution in [-0.4, -0.2) is 32.0 Å². The summed E-state index contributed by atoms with van der Waals surface area (Å²) < 4.78 is 7.95. The van der Waals surface area contributed by atoms with E-state index in [-0.39, 0.29) is 0 Å². The molecule has 3 aromatic heterocycles. The molecule has 5 heterocycles. The topological polar surface area (TPSA) is 18.0 Å². The molecule has 0 saturated carbocycles. The second-order valence-corrected chi connectivity index (χ2v) is 11.4. The lowest BCUT2D eigenvalue weighted by atomic mass is 10.0. The Morgan fingerprint density at radius 1 is 0.688 bits per heavy atom. The lowest BCUT2D eigenvalue weighted by Crippen LogP contribution is -2.42. The van der Waals surface area contributed by atoms with Crippen LogP contribution < -0.4 is 4.90 Å². The Labute approximate surface area is 190 Å². The molecule has 3 aromatic carbocycles. The standard InChI is InChI=1S/C27H21N4.Al/c1-2-8-24-21(5-1)17-23(30-24)18-31(16-13-22-7-4-14-28-22)25-9-3-6-19-10-11-20-12-15-29-27(20)26(19)25;/h1-12,14-15,17H,13,16,18H2;/q-3;+3. The number of hydrogen-bond donors (Lipinski definition) is 0. The fourth-order valence-electron chi connectivity index (χ4n) is 6.07. The fourth-order valence-corrected chi connectivity index (χ4v) is 9.28. The van der Waals surface area contributed by atoms with Gasteiger partial charge in [-0.15, -0.1) is 0 Å². The lowest BCUT2D eigenvalue weighted by Gasteiger charge is -2.26. The zero-order chi connectivity index (χ0) is 20.8. The van der Waals surface area contributed by atoms with Gasteiger partial charge in [0.2, 0.25) is 0 Å². The van der Waals surface area contributed by atoms with Crippen LogP contribution in [-0.2, 0) is 13.0 Å². The highest BCUT2D eigenvalue weighted by Gasteiger charge is 2.39. The molecule has 0 atom stereocenters. The summed E-state index contributed by atoms with van der Waals surface area (Å²) in [7, 11) is 0. The van der Waals surface area contributed by atoms with Gasteiger partial charge in [0.1, 0.15) is 0 Å². The van der Waals surface area contributed by atoms with E-state index >= 15 is 0 Å². The molecular weight excluding hydrogens is 407 g/mol. The van der Waals surface area contributed by atoms with E-state index in [2.05, 4.69) is 107 Å². The molecule has 6 aromatic rings. The van der Waals surface area contributed by atoms with Crippen LogP contribution in [0.5, 0.6) is 0 Å². The van der Waals surface area contributed by atoms with Crippen molar-refractivity contribution in [2.75, 3.05) is 11.4 Å². The van der Waals surface area contributed by atoms with Gasteiger partial charge in [0, 0.05) is 40.8 Å². The number of hydrogen-bond acceptors (Lipinski definition) is 1. The van der Waals surface area contributed by atoms with Gasteiger partial charge in [-0.1, -0.05) is 42.5 Å². The molecule has 0 spiro atoms. The summed E-state index contributed by atoms with van der Waals surface area (Å²) in [4.78, 5) is 2.61. The number of benzene rings is 3. The summed E-state index contributed by atoms with van der Waals surface area (Å²) in [5.41, 5.74) is 6.94. The number of anilines is 1. The van der Waals surface area contributed by atoms with Crippen LogP contribution in [0, 0.1) is 0 Å². The monoisotopic (exact) mass is 428 g/mol. The Bertz CT molecular complexity index is 1680. The van der Waals surface area contributed by atoms with Crippen molar-refractivity contribution < 1.29 is 0 Å². The van der Waals surface area contributed by atoms with Crippen LogP contribution in [0.4, 0.5) is 5.69 Å². The van der Waals surface area contributed by atoms with Crippen molar-refractivity contribution in [3.05, 3.63) is 103 Å². The highest BCUT2D eigenvalue weighted by atomic mass is 27.2. The van der Waals surface area contributed by atoms with E-state index in [0.717, 1.165) is 19.5 Å². The lowest BCUT2D eigenvalue weighted by molar-refractivity contribution is 0.767. The number of aromatic nitrogens is 3. The van der Waals surface area contributed by atoms with Crippen molar-refractivity contribution in [1.82, 2.24) is 10.7 Å². The van der Waals surface area contributed by atoms with Crippen LogP contribution in [0.25, 0.3) is 32.6 Å². The molecule has 2 aliphatic heterocycles. The van der Waals surface area contributed by atoms with Crippen molar-refractivity contribution in [3.63, 3.8) is 0 Å². The maximum atomic E-state index is 2.70. The first-order chi connectivity index (χ1) is 15.9. The van der Waals surface area contributed by atoms with E-state index < -0.39 is 14.8 Å². The van der Waals surface area contributed by atoms with Gasteiger partial charge in [0.05, 0.1) is 6.54 Å². The van der Waals surface area contributed by atoms with Gasteiger partial charge in [-0.25, -0.2) is 0 Å². The van der Waals surface area contributed by atoms with Crippen LogP contribution in [0.1, 0.15) is 11.4 Å². The van der Waals surface area contributed by atoms with Crippen LogP contribution in [0.2, 0.25) is 0 Å². The first-order valence-corrected chi connectivity index (χ1v) is 12.9. The zero-order valence-corrected chi connectivity index (χ0v) is 18.8. The first-order valence-electron chi connectivity index (χ1n) is 11.4. The third-order valence-electron chi connectivity index (χ3n) is 7.45. The highest BCUT2D eigenvalue weighted by molar-refractivity contribution is 6.57. The van der Waals surface area contributed by atoms with Crippen molar-refractivity contribution in [3.8, 4) is 0 Å². The number of para-hydroxylation sites is 1. The van der Waals surface area contributed by atoms with Gasteiger partial charge in [0.15, 0.2) is 0 Å². The highest BCUT2D eigenvalue weighted by Crippen LogP contribution is 2.38. The molecule has 2 bridgehead atoms. The van der Waals surface area contributed by atoms with Crippen molar-refractivity contribution in [1.29, 1.82) is 0 Å². The largest absolute Gasteiger partial charge is 0.755 e. The Morgan fingerprint density at radius 2 is 1.59 bits per heavy atom. The molecule has 5 heteroatoms. The Hall–Kier alpha value is -3.39. The van der Waals surface area contributed by atoms with Crippen molar-refractivity contribution in [2.45, 2.75) is 13.0 Å². The van der Waals surface area contributed by atoms with E-state index in [1.54, 1.807) is 0 Å². The Balaban J connectivity index is 1.63.